The maximum Gasteiger partial charge on any atom is 0.271 e. The number of sulfonamides is 1. The minimum absolute atomic E-state index is 0.124. The summed E-state index contributed by atoms with van der Waals surface area (Å²) in [6, 6.07) is 8.12. The fraction of sp³-hybridized carbons (Fsp3) is 0.235. The molecule has 0 aliphatic rings. The summed E-state index contributed by atoms with van der Waals surface area (Å²) in [5.41, 5.74) is -0.0237. The van der Waals surface area contributed by atoms with E-state index in [1.807, 2.05) is 0 Å². The van der Waals surface area contributed by atoms with Gasteiger partial charge >= 0.3 is 0 Å². The highest BCUT2D eigenvalue weighted by Crippen LogP contribution is 2.27. The summed E-state index contributed by atoms with van der Waals surface area (Å²) in [4.78, 5) is 22.3. The van der Waals surface area contributed by atoms with E-state index < -0.39 is 26.9 Å². The lowest BCUT2D eigenvalue weighted by Gasteiger charge is -2.15. The molecule has 0 saturated carbocycles. The number of halogens is 1. The van der Waals surface area contributed by atoms with E-state index in [-0.39, 0.29) is 21.3 Å². The van der Waals surface area contributed by atoms with Gasteiger partial charge in [0.2, 0.25) is 15.9 Å². The molecule has 11 heteroatoms. The molecule has 0 saturated heterocycles. The number of carbonyl (C=O) groups excluding carboxylic acids is 1. The maximum absolute atomic E-state index is 12.5. The molecule has 2 aromatic carbocycles. The number of carbonyl (C=O) groups is 1. The van der Waals surface area contributed by atoms with Crippen molar-refractivity contribution in [3.63, 3.8) is 0 Å². The first-order valence-corrected chi connectivity index (χ1v) is 10.00. The van der Waals surface area contributed by atoms with E-state index in [0.29, 0.717) is 12.4 Å². The lowest BCUT2D eigenvalue weighted by Crippen LogP contribution is -2.41. The van der Waals surface area contributed by atoms with Crippen molar-refractivity contribution in [2.24, 2.45) is 0 Å². The van der Waals surface area contributed by atoms with Gasteiger partial charge in [-0.1, -0.05) is 17.7 Å². The predicted molar refractivity (Wildman–Crippen MR) is 104 cm³/mol. The third-order valence-electron chi connectivity index (χ3n) is 3.56. The van der Waals surface area contributed by atoms with Gasteiger partial charge in [-0.2, -0.15) is 4.72 Å². The Morgan fingerprint density at radius 2 is 2.00 bits per heavy atom. The first-order chi connectivity index (χ1) is 13.1. The summed E-state index contributed by atoms with van der Waals surface area (Å²) >= 11 is 6.01. The van der Waals surface area contributed by atoms with E-state index in [9.17, 15) is 23.3 Å². The van der Waals surface area contributed by atoms with Crippen LogP contribution in [0.2, 0.25) is 5.02 Å². The van der Waals surface area contributed by atoms with Crippen LogP contribution in [0.4, 0.5) is 11.4 Å². The summed E-state index contributed by atoms with van der Waals surface area (Å²) in [6.07, 6.45) is 0. The van der Waals surface area contributed by atoms with E-state index in [1.54, 1.807) is 6.92 Å². The average Bonchev–Trinajstić information content (AvgIpc) is 2.63. The molecule has 0 fully saturated rings. The monoisotopic (exact) mass is 427 g/mol. The first kappa shape index (κ1) is 21.6. The molecule has 0 spiro atoms. The van der Waals surface area contributed by atoms with E-state index >= 15 is 0 Å². The van der Waals surface area contributed by atoms with Gasteiger partial charge in [0.05, 0.1) is 27.5 Å². The topological polar surface area (TPSA) is 128 Å². The predicted octanol–water partition coefficient (Wildman–Crippen LogP) is 2.95. The molecular formula is C17H18ClN3O6S. The summed E-state index contributed by atoms with van der Waals surface area (Å²) in [5, 5.41) is 13.3. The minimum Gasteiger partial charge on any atom is -0.492 e. The van der Waals surface area contributed by atoms with E-state index in [1.165, 1.54) is 49.4 Å². The summed E-state index contributed by atoms with van der Waals surface area (Å²) < 4.78 is 32.5. The Morgan fingerprint density at radius 1 is 1.29 bits per heavy atom. The Bertz CT molecular complexity index is 996. The van der Waals surface area contributed by atoms with Crippen molar-refractivity contribution in [1.29, 1.82) is 0 Å². The number of nitro benzene ring substituents is 1. The van der Waals surface area contributed by atoms with Crippen molar-refractivity contribution >= 4 is 38.9 Å². The molecule has 2 N–H and O–H groups in total. The SMILES string of the molecule is CCOc1ccc(S(=O)(=O)N[C@@H](C)C(=O)Nc2cccc([N+](=O)[O-])c2)cc1Cl. The molecule has 0 unspecified atom stereocenters. The molecule has 150 valence electrons. The number of ether oxygens (including phenoxy) is 1. The van der Waals surface area contributed by atoms with Crippen molar-refractivity contribution < 1.29 is 22.9 Å². The Balaban J connectivity index is 2.11. The number of nitrogens with one attached hydrogen (secondary N) is 2. The van der Waals surface area contributed by atoms with Crippen molar-refractivity contribution in [1.82, 2.24) is 4.72 Å². The second-order valence-corrected chi connectivity index (χ2v) is 7.79. The van der Waals surface area contributed by atoms with Crippen LogP contribution >= 0.6 is 11.6 Å². The number of nitro groups is 1. The van der Waals surface area contributed by atoms with Gasteiger partial charge in [-0.3, -0.25) is 14.9 Å². The van der Waals surface area contributed by atoms with E-state index in [4.69, 9.17) is 16.3 Å². The first-order valence-electron chi connectivity index (χ1n) is 8.14. The number of rotatable bonds is 8. The van der Waals surface area contributed by atoms with Gasteiger partial charge in [0, 0.05) is 17.8 Å². The third-order valence-corrected chi connectivity index (χ3v) is 5.40. The largest absolute Gasteiger partial charge is 0.492 e. The molecule has 0 bridgehead atoms. The summed E-state index contributed by atoms with van der Waals surface area (Å²) in [7, 11) is -4.03. The quantitative estimate of drug-likeness (QED) is 0.492. The molecular weight excluding hydrogens is 410 g/mol. The second kappa shape index (κ2) is 9.00. The van der Waals surface area contributed by atoms with Crippen molar-refractivity contribution in [2.45, 2.75) is 24.8 Å². The standard InChI is InChI=1S/C17H18ClN3O6S/c1-3-27-16-8-7-14(10-15(16)18)28(25,26)20-11(2)17(22)19-12-5-4-6-13(9-12)21(23)24/h4-11,20H,3H2,1-2H3,(H,19,22)/t11-/m0/s1. The van der Waals surface area contributed by atoms with Gasteiger partial charge in [0.25, 0.3) is 5.69 Å². The van der Waals surface area contributed by atoms with Crippen LogP contribution in [0.5, 0.6) is 5.75 Å². The second-order valence-electron chi connectivity index (χ2n) is 5.66. The van der Waals surface area contributed by atoms with Gasteiger partial charge in [0.1, 0.15) is 5.75 Å². The smallest absolute Gasteiger partial charge is 0.271 e. The fourth-order valence-electron chi connectivity index (χ4n) is 2.22. The van der Waals surface area contributed by atoms with Crippen LogP contribution in [0.3, 0.4) is 0 Å². The number of anilines is 1. The van der Waals surface area contributed by atoms with Crippen LogP contribution in [0, 0.1) is 10.1 Å². The molecule has 2 rings (SSSR count). The number of hydrogen-bond acceptors (Lipinski definition) is 6. The lowest BCUT2D eigenvalue weighted by molar-refractivity contribution is -0.384. The highest BCUT2D eigenvalue weighted by atomic mass is 35.5. The highest BCUT2D eigenvalue weighted by Gasteiger charge is 2.23. The zero-order chi connectivity index (χ0) is 20.9. The van der Waals surface area contributed by atoms with Gasteiger partial charge in [-0.25, -0.2) is 8.42 Å². The van der Waals surface area contributed by atoms with Crippen LogP contribution in [0.25, 0.3) is 0 Å². The molecule has 1 amide bonds. The third kappa shape index (κ3) is 5.41. The Morgan fingerprint density at radius 3 is 2.61 bits per heavy atom. The van der Waals surface area contributed by atoms with Crippen LogP contribution in [-0.4, -0.2) is 31.9 Å². The Labute approximate surface area is 166 Å². The van der Waals surface area contributed by atoms with Crippen LogP contribution < -0.4 is 14.8 Å². The molecule has 0 aliphatic carbocycles. The molecule has 0 aromatic heterocycles. The van der Waals surface area contributed by atoms with E-state index in [0.717, 1.165) is 0 Å². The van der Waals surface area contributed by atoms with Crippen molar-refractivity contribution in [2.75, 3.05) is 11.9 Å². The average molecular weight is 428 g/mol. The lowest BCUT2D eigenvalue weighted by atomic mass is 10.2. The normalized spacial score (nSPS) is 12.2. The number of non-ortho nitro benzene ring substituents is 1. The molecule has 28 heavy (non-hydrogen) atoms. The number of benzene rings is 2. The number of nitrogens with zero attached hydrogens (tertiary/aromatic N) is 1. The van der Waals surface area contributed by atoms with E-state index in [2.05, 4.69) is 10.0 Å². The van der Waals surface area contributed by atoms with Gasteiger partial charge in [-0.05, 0) is 38.1 Å². The number of amides is 1. The van der Waals surface area contributed by atoms with Crippen LogP contribution in [-0.2, 0) is 14.8 Å². The fourth-order valence-corrected chi connectivity index (χ4v) is 3.75. The summed E-state index contributed by atoms with van der Waals surface area (Å²) in [5.74, 6) is -0.333. The molecule has 1 atom stereocenters. The Hall–Kier alpha value is -2.69. The van der Waals surface area contributed by atoms with Gasteiger partial charge in [-0.15, -0.1) is 0 Å². The zero-order valence-electron chi connectivity index (χ0n) is 15.0. The zero-order valence-corrected chi connectivity index (χ0v) is 16.6. The number of hydrogen-bond donors (Lipinski definition) is 2. The van der Waals surface area contributed by atoms with Crippen molar-refractivity contribution in [3.05, 3.63) is 57.6 Å². The minimum atomic E-state index is -4.03. The highest BCUT2D eigenvalue weighted by molar-refractivity contribution is 7.89. The molecule has 9 nitrogen and oxygen atoms in total. The maximum atomic E-state index is 12.5. The molecule has 0 radical (unpaired) electrons. The van der Waals surface area contributed by atoms with Gasteiger partial charge in [0.15, 0.2) is 0 Å². The molecule has 0 heterocycles. The van der Waals surface area contributed by atoms with Crippen molar-refractivity contribution in [3.8, 4) is 5.75 Å². The summed E-state index contributed by atoms with van der Waals surface area (Å²) in [6.45, 7) is 3.49. The van der Waals surface area contributed by atoms with Crippen LogP contribution in [0.15, 0.2) is 47.4 Å². The molecule has 2 aromatic rings. The Kier molecular flexibility index (Phi) is 6.95. The van der Waals surface area contributed by atoms with Crippen LogP contribution in [0.1, 0.15) is 13.8 Å². The molecule has 0 aliphatic heterocycles. The van der Waals surface area contributed by atoms with Gasteiger partial charge < -0.3 is 10.1 Å².